The molecular weight excluding hydrogens is 294 g/mol. The molecular formula is C14H16ClN3O3. The van der Waals surface area contributed by atoms with Gasteiger partial charge in [-0.25, -0.2) is 0 Å². The first kappa shape index (κ1) is 15.3. The topological polar surface area (TPSA) is 66.4 Å². The second-order valence-corrected chi connectivity index (χ2v) is 4.81. The number of rotatable bonds is 6. The molecule has 2 aromatic rings. The van der Waals surface area contributed by atoms with Gasteiger partial charge >= 0.3 is 12.0 Å². The van der Waals surface area contributed by atoms with Crippen LogP contribution in [0.2, 0.25) is 5.28 Å². The van der Waals surface area contributed by atoms with E-state index in [9.17, 15) is 0 Å². The summed E-state index contributed by atoms with van der Waals surface area (Å²) in [6, 6.07) is 7.77. The summed E-state index contributed by atoms with van der Waals surface area (Å²) >= 11 is 5.82. The fourth-order valence-electron chi connectivity index (χ4n) is 1.51. The van der Waals surface area contributed by atoms with Crippen LogP contribution in [0.5, 0.6) is 17.8 Å². The zero-order chi connectivity index (χ0) is 15.2. The molecule has 0 radical (unpaired) electrons. The summed E-state index contributed by atoms with van der Waals surface area (Å²) < 4.78 is 16.0. The SMILES string of the molecule is COc1ccc(COc2nc(Cl)nc(OC(C)C)n2)cc1. The Bertz CT molecular complexity index is 591. The first-order chi connectivity index (χ1) is 10.1. The molecule has 112 valence electrons. The lowest BCUT2D eigenvalue weighted by molar-refractivity contribution is 0.211. The maximum absolute atomic E-state index is 5.82. The Kier molecular flexibility index (Phi) is 5.16. The highest BCUT2D eigenvalue weighted by molar-refractivity contribution is 6.28. The van der Waals surface area contributed by atoms with Gasteiger partial charge < -0.3 is 14.2 Å². The Morgan fingerprint density at radius 1 is 1.05 bits per heavy atom. The van der Waals surface area contributed by atoms with Crippen molar-refractivity contribution in [1.82, 2.24) is 15.0 Å². The molecule has 6 nitrogen and oxygen atoms in total. The number of halogens is 1. The predicted octanol–water partition coefficient (Wildman–Crippen LogP) is 2.90. The van der Waals surface area contributed by atoms with Crippen LogP contribution in [-0.2, 0) is 6.61 Å². The summed E-state index contributed by atoms with van der Waals surface area (Å²) in [5.41, 5.74) is 0.957. The van der Waals surface area contributed by atoms with Crippen LogP contribution >= 0.6 is 11.6 Å². The van der Waals surface area contributed by atoms with Crippen molar-refractivity contribution in [1.29, 1.82) is 0 Å². The van der Waals surface area contributed by atoms with Crippen LogP contribution in [0.1, 0.15) is 19.4 Å². The van der Waals surface area contributed by atoms with E-state index in [0.717, 1.165) is 11.3 Å². The molecule has 0 atom stereocenters. The molecule has 0 aliphatic carbocycles. The van der Waals surface area contributed by atoms with Gasteiger partial charge in [-0.05, 0) is 43.1 Å². The van der Waals surface area contributed by atoms with Crippen LogP contribution < -0.4 is 14.2 Å². The van der Waals surface area contributed by atoms with E-state index in [2.05, 4.69) is 15.0 Å². The van der Waals surface area contributed by atoms with Gasteiger partial charge in [0.1, 0.15) is 12.4 Å². The van der Waals surface area contributed by atoms with Crippen molar-refractivity contribution in [3.05, 3.63) is 35.1 Å². The average molecular weight is 310 g/mol. The summed E-state index contributed by atoms with van der Waals surface area (Å²) in [6.45, 7) is 4.05. The monoisotopic (exact) mass is 309 g/mol. The number of hydrogen-bond acceptors (Lipinski definition) is 6. The lowest BCUT2D eigenvalue weighted by Crippen LogP contribution is -2.10. The summed E-state index contributed by atoms with van der Waals surface area (Å²) in [7, 11) is 1.62. The molecule has 0 aliphatic rings. The van der Waals surface area contributed by atoms with Crippen molar-refractivity contribution in [2.75, 3.05) is 7.11 Å². The molecule has 0 saturated heterocycles. The van der Waals surface area contributed by atoms with Crippen molar-refractivity contribution >= 4 is 11.6 Å². The summed E-state index contributed by atoms with van der Waals surface area (Å²) in [4.78, 5) is 11.8. The Balaban J connectivity index is 2.03. The van der Waals surface area contributed by atoms with Gasteiger partial charge in [-0.3, -0.25) is 0 Å². The maximum atomic E-state index is 5.82. The highest BCUT2D eigenvalue weighted by Crippen LogP contribution is 2.16. The zero-order valence-corrected chi connectivity index (χ0v) is 12.8. The Hall–Kier alpha value is -2.08. The van der Waals surface area contributed by atoms with E-state index < -0.39 is 0 Å². The Labute approximate surface area is 128 Å². The van der Waals surface area contributed by atoms with Gasteiger partial charge in [-0.1, -0.05) is 12.1 Å². The van der Waals surface area contributed by atoms with E-state index in [1.54, 1.807) is 7.11 Å². The first-order valence-corrected chi connectivity index (χ1v) is 6.78. The lowest BCUT2D eigenvalue weighted by atomic mass is 10.2. The number of hydrogen-bond donors (Lipinski definition) is 0. The zero-order valence-electron chi connectivity index (χ0n) is 12.0. The Morgan fingerprint density at radius 2 is 1.71 bits per heavy atom. The predicted molar refractivity (Wildman–Crippen MR) is 77.9 cm³/mol. The lowest BCUT2D eigenvalue weighted by Gasteiger charge is -2.09. The van der Waals surface area contributed by atoms with Gasteiger partial charge in [-0.2, -0.15) is 9.97 Å². The molecule has 0 saturated carbocycles. The van der Waals surface area contributed by atoms with Crippen molar-refractivity contribution in [3.63, 3.8) is 0 Å². The molecule has 0 aliphatic heterocycles. The largest absolute Gasteiger partial charge is 0.497 e. The average Bonchev–Trinajstić information content (AvgIpc) is 2.44. The molecule has 0 spiro atoms. The van der Waals surface area contributed by atoms with Crippen LogP contribution in [0.15, 0.2) is 24.3 Å². The Morgan fingerprint density at radius 3 is 2.33 bits per heavy atom. The van der Waals surface area contributed by atoms with E-state index in [4.69, 9.17) is 25.8 Å². The van der Waals surface area contributed by atoms with Crippen LogP contribution in [0.3, 0.4) is 0 Å². The molecule has 0 unspecified atom stereocenters. The van der Waals surface area contributed by atoms with Crippen molar-refractivity contribution in [2.45, 2.75) is 26.6 Å². The number of aromatic nitrogens is 3. The normalized spacial score (nSPS) is 10.5. The fourth-order valence-corrected chi connectivity index (χ4v) is 1.66. The number of benzene rings is 1. The van der Waals surface area contributed by atoms with E-state index >= 15 is 0 Å². The first-order valence-electron chi connectivity index (χ1n) is 6.41. The quantitative estimate of drug-likeness (QED) is 0.817. The van der Waals surface area contributed by atoms with Crippen LogP contribution in [0.4, 0.5) is 0 Å². The van der Waals surface area contributed by atoms with Crippen molar-refractivity contribution in [2.24, 2.45) is 0 Å². The van der Waals surface area contributed by atoms with Gasteiger partial charge in [0.15, 0.2) is 0 Å². The van der Waals surface area contributed by atoms with Crippen LogP contribution in [-0.4, -0.2) is 28.2 Å². The molecule has 0 N–H and O–H groups in total. The standard InChI is InChI=1S/C14H16ClN3O3/c1-9(2)21-14-17-12(15)16-13(18-14)20-8-10-4-6-11(19-3)7-5-10/h4-7,9H,8H2,1-3H3. The van der Waals surface area contributed by atoms with Gasteiger partial charge in [0, 0.05) is 0 Å². The van der Waals surface area contributed by atoms with Gasteiger partial charge in [0.2, 0.25) is 5.28 Å². The molecule has 1 heterocycles. The maximum Gasteiger partial charge on any atom is 0.324 e. The van der Waals surface area contributed by atoms with Gasteiger partial charge in [-0.15, -0.1) is 4.98 Å². The molecule has 2 rings (SSSR count). The number of nitrogens with zero attached hydrogens (tertiary/aromatic N) is 3. The number of ether oxygens (including phenoxy) is 3. The van der Waals surface area contributed by atoms with Gasteiger partial charge in [0.05, 0.1) is 13.2 Å². The third-order valence-electron chi connectivity index (χ3n) is 2.44. The molecule has 1 aromatic carbocycles. The third kappa shape index (κ3) is 4.75. The summed E-state index contributed by atoms with van der Waals surface area (Å²) in [5, 5.41) is 0.0328. The molecule has 0 amide bonds. The minimum absolute atomic E-state index is 0.0328. The second-order valence-electron chi connectivity index (χ2n) is 4.47. The second kappa shape index (κ2) is 7.08. The van der Waals surface area contributed by atoms with Crippen LogP contribution in [0.25, 0.3) is 0 Å². The highest BCUT2D eigenvalue weighted by atomic mass is 35.5. The minimum atomic E-state index is -0.0575. The molecule has 1 aromatic heterocycles. The van der Waals surface area contributed by atoms with Crippen molar-refractivity contribution < 1.29 is 14.2 Å². The highest BCUT2D eigenvalue weighted by Gasteiger charge is 2.09. The minimum Gasteiger partial charge on any atom is -0.497 e. The summed E-state index contributed by atoms with van der Waals surface area (Å²) in [6.07, 6.45) is -0.0575. The summed E-state index contributed by atoms with van der Waals surface area (Å²) in [5.74, 6) is 0.787. The van der Waals surface area contributed by atoms with Crippen LogP contribution in [0, 0.1) is 0 Å². The fraction of sp³-hybridized carbons (Fsp3) is 0.357. The van der Waals surface area contributed by atoms with E-state index in [1.165, 1.54) is 0 Å². The van der Waals surface area contributed by atoms with Crippen molar-refractivity contribution in [3.8, 4) is 17.8 Å². The number of methoxy groups -OCH3 is 1. The van der Waals surface area contributed by atoms with E-state index in [0.29, 0.717) is 6.61 Å². The smallest absolute Gasteiger partial charge is 0.324 e. The van der Waals surface area contributed by atoms with E-state index in [-0.39, 0.29) is 23.4 Å². The molecule has 7 heteroatoms. The van der Waals surface area contributed by atoms with E-state index in [1.807, 2.05) is 38.1 Å². The molecule has 0 fully saturated rings. The third-order valence-corrected chi connectivity index (χ3v) is 2.60. The molecule has 21 heavy (non-hydrogen) atoms. The molecule has 0 bridgehead atoms. The van der Waals surface area contributed by atoms with Gasteiger partial charge in [0.25, 0.3) is 0 Å².